The molecule has 4 nitrogen and oxygen atoms in total. The van der Waals surface area contributed by atoms with Crippen LogP contribution in [0.4, 0.5) is 5.82 Å². The Bertz CT molecular complexity index is 485. The lowest BCUT2D eigenvalue weighted by Gasteiger charge is -2.33. The number of hydrogen-bond donors (Lipinski definition) is 0. The number of anilines is 1. The van der Waals surface area contributed by atoms with Crippen molar-refractivity contribution in [3.05, 3.63) is 22.9 Å². The van der Waals surface area contributed by atoms with Gasteiger partial charge in [-0.05, 0) is 44.2 Å². The summed E-state index contributed by atoms with van der Waals surface area (Å²) in [4.78, 5) is 6.81. The molecule has 0 saturated carbocycles. The molecule has 4 heteroatoms. The molecule has 2 rings (SSSR count). The maximum Gasteiger partial charge on any atom is 0.147 e. The number of hydrogen-bond acceptors (Lipinski definition) is 4. The van der Waals surface area contributed by atoms with Crippen molar-refractivity contribution in [1.82, 2.24) is 4.98 Å². The van der Waals surface area contributed by atoms with Gasteiger partial charge in [0.15, 0.2) is 0 Å². The summed E-state index contributed by atoms with van der Waals surface area (Å²) in [7, 11) is 1.76. The lowest BCUT2D eigenvalue weighted by molar-refractivity contribution is 0.139. The zero-order valence-corrected chi connectivity index (χ0v) is 11.9. The largest absolute Gasteiger partial charge is 0.384 e. The van der Waals surface area contributed by atoms with E-state index < -0.39 is 0 Å². The van der Waals surface area contributed by atoms with Crippen molar-refractivity contribution >= 4 is 5.82 Å². The van der Waals surface area contributed by atoms with Gasteiger partial charge in [0.2, 0.25) is 0 Å². The summed E-state index contributed by atoms with van der Waals surface area (Å²) in [6.07, 6.45) is 2.21. The van der Waals surface area contributed by atoms with Gasteiger partial charge < -0.3 is 9.64 Å². The zero-order chi connectivity index (χ0) is 13.8. The van der Waals surface area contributed by atoms with Crippen molar-refractivity contribution in [3.63, 3.8) is 0 Å². The Balaban J connectivity index is 2.18. The first kappa shape index (κ1) is 13.8. The first-order valence-electron chi connectivity index (χ1n) is 6.78. The van der Waals surface area contributed by atoms with Crippen LogP contribution in [0.3, 0.4) is 0 Å². The summed E-state index contributed by atoms with van der Waals surface area (Å²) in [5.41, 5.74) is 2.71. The van der Waals surface area contributed by atoms with Crippen LogP contribution in [0.5, 0.6) is 0 Å². The van der Waals surface area contributed by atoms with E-state index in [0.29, 0.717) is 5.92 Å². The second-order valence-electron chi connectivity index (χ2n) is 5.28. The van der Waals surface area contributed by atoms with E-state index in [1.165, 1.54) is 0 Å². The molecule has 102 valence electrons. The maximum absolute atomic E-state index is 9.32. The number of rotatable bonds is 3. The number of methoxy groups -OCH3 is 1. The fraction of sp³-hybridized carbons (Fsp3) is 0.600. The van der Waals surface area contributed by atoms with Gasteiger partial charge in [0.1, 0.15) is 11.9 Å². The summed E-state index contributed by atoms with van der Waals surface area (Å²) < 4.78 is 5.22. The molecule has 0 aliphatic carbocycles. The van der Waals surface area contributed by atoms with E-state index in [-0.39, 0.29) is 0 Å². The molecule has 1 aromatic heterocycles. The third-order valence-electron chi connectivity index (χ3n) is 3.75. The van der Waals surface area contributed by atoms with Crippen molar-refractivity contribution in [3.8, 4) is 6.07 Å². The molecule has 19 heavy (non-hydrogen) atoms. The molecule has 0 atom stereocenters. The van der Waals surface area contributed by atoms with Crippen molar-refractivity contribution in [1.29, 1.82) is 5.26 Å². The first-order chi connectivity index (χ1) is 9.15. The van der Waals surface area contributed by atoms with Crippen LogP contribution in [0, 0.1) is 31.1 Å². The fourth-order valence-corrected chi connectivity index (χ4v) is 2.73. The van der Waals surface area contributed by atoms with E-state index in [1.807, 2.05) is 19.9 Å². The summed E-state index contributed by atoms with van der Waals surface area (Å²) in [5.74, 6) is 1.49. The quantitative estimate of drug-likeness (QED) is 0.836. The van der Waals surface area contributed by atoms with Gasteiger partial charge in [-0.15, -0.1) is 0 Å². The Morgan fingerprint density at radius 1 is 1.42 bits per heavy atom. The van der Waals surface area contributed by atoms with Gasteiger partial charge in [-0.2, -0.15) is 5.26 Å². The molecular formula is C15H21N3O. The smallest absolute Gasteiger partial charge is 0.147 e. The van der Waals surface area contributed by atoms with Crippen LogP contribution in [0.1, 0.15) is 29.7 Å². The predicted molar refractivity (Wildman–Crippen MR) is 75.2 cm³/mol. The van der Waals surface area contributed by atoms with Crippen LogP contribution >= 0.6 is 0 Å². The molecule has 0 N–H and O–H groups in total. The number of aromatic nitrogens is 1. The van der Waals surface area contributed by atoms with Crippen molar-refractivity contribution in [2.45, 2.75) is 26.7 Å². The van der Waals surface area contributed by atoms with Crippen LogP contribution in [0.15, 0.2) is 6.07 Å². The Hall–Kier alpha value is -1.60. The van der Waals surface area contributed by atoms with Gasteiger partial charge in [0.05, 0.1) is 5.56 Å². The van der Waals surface area contributed by atoms with Crippen LogP contribution in [-0.4, -0.2) is 31.8 Å². The minimum absolute atomic E-state index is 0.637. The second kappa shape index (κ2) is 6.03. The molecule has 1 aliphatic heterocycles. The third-order valence-corrected chi connectivity index (χ3v) is 3.75. The van der Waals surface area contributed by atoms with Crippen molar-refractivity contribution in [2.24, 2.45) is 5.92 Å². The van der Waals surface area contributed by atoms with Gasteiger partial charge in [-0.1, -0.05) is 0 Å². The highest BCUT2D eigenvalue weighted by Gasteiger charge is 2.22. The predicted octanol–water partition coefficient (Wildman–Crippen LogP) is 2.43. The monoisotopic (exact) mass is 259 g/mol. The highest BCUT2D eigenvalue weighted by atomic mass is 16.5. The normalized spacial score (nSPS) is 16.4. The summed E-state index contributed by atoms with van der Waals surface area (Å²) in [6.45, 7) is 6.71. The summed E-state index contributed by atoms with van der Waals surface area (Å²) >= 11 is 0. The SMILES string of the molecule is COCC1CCN(c2nc(C)cc(C)c2C#N)CC1. The molecule has 0 bridgehead atoms. The Labute approximate surface area is 115 Å². The van der Waals surface area contributed by atoms with E-state index in [9.17, 15) is 5.26 Å². The molecule has 1 aromatic rings. The lowest BCUT2D eigenvalue weighted by Crippen LogP contribution is -2.36. The third kappa shape index (κ3) is 3.05. The average Bonchev–Trinajstić information content (AvgIpc) is 2.39. The molecule has 0 amide bonds. The van der Waals surface area contributed by atoms with Crippen LogP contribution in [0.25, 0.3) is 0 Å². The summed E-state index contributed by atoms with van der Waals surface area (Å²) in [5, 5.41) is 9.32. The summed E-state index contributed by atoms with van der Waals surface area (Å²) in [6, 6.07) is 4.27. The van der Waals surface area contributed by atoms with Crippen LogP contribution in [0.2, 0.25) is 0 Å². The Morgan fingerprint density at radius 2 is 2.11 bits per heavy atom. The highest BCUT2D eigenvalue weighted by molar-refractivity contribution is 5.58. The number of nitrogens with zero attached hydrogens (tertiary/aromatic N) is 3. The Kier molecular flexibility index (Phi) is 4.39. The standard InChI is InChI=1S/C15H21N3O/c1-11-8-12(2)17-15(14(11)9-16)18-6-4-13(5-7-18)10-19-3/h8,13H,4-7,10H2,1-3H3. The molecule has 2 heterocycles. The van der Waals surface area contributed by atoms with E-state index in [1.54, 1.807) is 7.11 Å². The zero-order valence-electron chi connectivity index (χ0n) is 11.9. The van der Waals surface area contributed by atoms with E-state index in [2.05, 4.69) is 16.0 Å². The number of piperidine rings is 1. The Morgan fingerprint density at radius 3 is 2.68 bits per heavy atom. The van der Waals surface area contributed by atoms with Gasteiger partial charge in [0.25, 0.3) is 0 Å². The van der Waals surface area contributed by atoms with Crippen molar-refractivity contribution < 1.29 is 4.74 Å². The number of pyridine rings is 1. The van der Waals surface area contributed by atoms with Gasteiger partial charge >= 0.3 is 0 Å². The minimum atomic E-state index is 0.637. The fourth-order valence-electron chi connectivity index (χ4n) is 2.73. The highest BCUT2D eigenvalue weighted by Crippen LogP contribution is 2.26. The number of aryl methyl sites for hydroxylation is 2. The average molecular weight is 259 g/mol. The molecule has 0 radical (unpaired) electrons. The second-order valence-corrected chi connectivity index (χ2v) is 5.28. The number of ether oxygens (including phenoxy) is 1. The van der Waals surface area contributed by atoms with E-state index >= 15 is 0 Å². The molecule has 0 spiro atoms. The molecular weight excluding hydrogens is 238 g/mol. The van der Waals surface area contributed by atoms with E-state index in [4.69, 9.17) is 4.74 Å². The first-order valence-corrected chi connectivity index (χ1v) is 6.78. The van der Waals surface area contributed by atoms with Crippen LogP contribution < -0.4 is 4.90 Å². The topological polar surface area (TPSA) is 49.1 Å². The van der Waals surface area contributed by atoms with Crippen molar-refractivity contribution in [2.75, 3.05) is 31.7 Å². The van der Waals surface area contributed by atoms with Gasteiger partial charge in [-0.3, -0.25) is 0 Å². The number of nitriles is 1. The van der Waals surface area contributed by atoms with E-state index in [0.717, 1.165) is 55.2 Å². The molecule has 1 saturated heterocycles. The molecule has 1 fully saturated rings. The molecule has 1 aliphatic rings. The minimum Gasteiger partial charge on any atom is -0.384 e. The van der Waals surface area contributed by atoms with Crippen LogP contribution in [-0.2, 0) is 4.74 Å². The molecule has 0 aromatic carbocycles. The lowest BCUT2D eigenvalue weighted by atomic mass is 9.97. The van der Waals surface area contributed by atoms with Gasteiger partial charge in [0, 0.05) is 32.5 Å². The van der Waals surface area contributed by atoms with Gasteiger partial charge in [-0.25, -0.2) is 4.98 Å². The maximum atomic E-state index is 9.32. The molecule has 0 unspecified atom stereocenters.